The summed E-state index contributed by atoms with van der Waals surface area (Å²) < 4.78 is 10.9. The van der Waals surface area contributed by atoms with E-state index in [1.165, 1.54) is 0 Å². The highest BCUT2D eigenvalue weighted by Crippen LogP contribution is 2.38. The summed E-state index contributed by atoms with van der Waals surface area (Å²) in [6, 6.07) is 6.79. The average molecular weight is 355 g/mol. The number of benzene rings is 1. The van der Waals surface area contributed by atoms with Gasteiger partial charge >= 0.3 is 7.60 Å². The zero-order valence-corrected chi connectivity index (χ0v) is 14.9. The molecule has 1 rings (SSSR count). The molecule has 0 saturated carbocycles. The van der Waals surface area contributed by atoms with Crippen molar-refractivity contribution in [2.45, 2.75) is 51.1 Å². The number of rotatable bonds is 11. The molecule has 0 aliphatic heterocycles. The van der Waals surface area contributed by atoms with Crippen LogP contribution in [0.2, 0.25) is 0 Å². The standard InChI is InChI=1S/C17H26NO5P/c1-18-17(20)7-5-3-2-4-6-16(19)12-14-8-10-15(11-9-14)13-24(21,22)23/h8-11H,2-7,12-13H2,1H3,(H,18,20)(H2,21,22,23). The number of ketones is 1. The maximum atomic E-state index is 11.9. The fourth-order valence-electron chi connectivity index (χ4n) is 2.40. The summed E-state index contributed by atoms with van der Waals surface area (Å²) in [5.41, 5.74) is 1.42. The van der Waals surface area contributed by atoms with Crippen molar-refractivity contribution in [1.82, 2.24) is 5.32 Å². The fraction of sp³-hybridized carbons (Fsp3) is 0.529. The van der Waals surface area contributed by atoms with Crippen LogP contribution in [0.15, 0.2) is 24.3 Å². The SMILES string of the molecule is CNC(=O)CCCCCCC(=O)Cc1ccc(CP(=O)(O)O)cc1. The minimum Gasteiger partial charge on any atom is -0.359 e. The van der Waals surface area contributed by atoms with E-state index in [2.05, 4.69) is 5.32 Å². The van der Waals surface area contributed by atoms with Crippen LogP contribution in [0.25, 0.3) is 0 Å². The van der Waals surface area contributed by atoms with Gasteiger partial charge in [-0.15, -0.1) is 0 Å². The van der Waals surface area contributed by atoms with Gasteiger partial charge in [0.15, 0.2) is 0 Å². The van der Waals surface area contributed by atoms with Crippen LogP contribution in [0.5, 0.6) is 0 Å². The minimum atomic E-state index is -4.05. The molecular formula is C17H26NO5P. The number of carbonyl (C=O) groups is 2. The van der Waals surface area contributed by atoms with Gasteiger partial charge in [0.25, 0.3) is 0 Å². The molecule has 1 aromatic carbocycles. The lowest BCUT2D eigenvalue weighted by molar-refractivity contribution is -0.121. The number of unbranched alkanes of at least 4 members (excludes halogenated alkanes) is 3. The Kier molecular flexibility index (Phi) is 8.90. The van der Waals surface area contributed by atoms with Crippen molar-refractivity contribution in [3.63, 3.8) is 0 Å². The van der Waals surface area contributed by atoms with Gasteiger partial charge in [-0.3, -0.25) is 14.2 Å². The highest BCUT2D eigenvalue weighted by atomic mass is 31.2. The summed E-state index contributed by atoms with van der Waals surface area (Å²) in [7, 11) is -2.43. The summed E-state index contributed by atoms with van der Waals surface area (Å²) in [6.45, 7) is 0. The van der Waals surface area contributed by atoms with E-state index in [9.17, 15) is 14.2 Å². The highest BCUT2D eigenvalue weighted by molar-refractivity contribution is 7.50. The lowest BCUT2D eigenvalue weighted by Gasteiger charge is -2.06. The van der Waals surface area contributed by atoms with Crippen molar-refractivity contribution >= 4 is 19.3 Å². The molecule has 0 unspecified atom stereocenters. The summed E-state index contributed by atoms with van der Waals surface area (Å²) in [6.07, 6.45) is 4.65. The van der Waals surface area contributed by atoms with E-state index in [0.717, 1.165) is 31.2 Å². The number of hydrogen-bond acceptors (Lipinski definition) is 3. The van der Waals surface area contributed by atoms with Crippen LogP contribution in [0.1, 0.15) is 49.7 Å². The van der Waals surface area contributed by atoms with E-state index in [1.54, 1.807) is 31.3 Å². The summed E-state index contributed by atoms with van der Waals surface area (Å²) in [5, 5.41) is 2.58. The molecule has 6 nitrogen and oxygen atoms in total. The summed E-state index contributed by atoms with van der Waals surface area (Å²) >= 11 is 0. The number of hydrogen-bond donors (Lipinski definition) is 3. The quantitative estimate of drug-likeness (QED) is 0.418. The Labute approximate surface area is 142 Å². The van der Waals surface area contributed by atoms with Crippen molar-refractivity contribution in [3.8, 4) is 0 Å². The molecule has 0 spiro atoms. The van der Waals surface area contributed by atoms with Gasteiger partial charge < -0.3 is 15.1 Å². The van der Waals surface area contributed by atoms with Crippen LogP contribution >= 0.6 is 7.60 Å². The average Bonchev–Trinajstić information content (AvgIpc) is 2.51. The third kappa shape index (κ3) is 9.60. The fourth-order valence-corrected chi connectivity index (χ4v) is 3.09. The molecule has 24 heavy (non-hydrogen) atoms. The second-order valence-electron chi connectivity index (χ2n) is 5.94. The van der Waals surface area contributed by atoms with Gasteiger partial charge in [-0.2, -0.15) is 0 Å². The number of Topliss-reactive ketones (excluding diaryl/α,β-unsaturated/α-hetero) is 1. The lowest BCUT2D eigenvalue weighted by atomic mass is 10.0. The van der Waals surface area contributed by atoms with Crippen LogP contribution < -0.4 is 5.32 Å². The number of carbonyl (C=O) groups excluding carboxylic acids is 2. The molecule has 7 heteroatoms. The second-order valence-corrected chi connectivity index (χ2v) is 7.59. The van der Waals surface area contributed by atoms with Gasteiger partial charge in [-0.1, -0.05) is 37.1 Å². The molecule has 0 fully saturated rings. The molecule has 0 radical (unpaired) electrons. The molecule has 1 aromatic rings. The highest BCUT2D eigenvalue weighted by Gasteiger charge is 2.13. The minimum absolute atomic E-state index is 0.0493. The zero-order valence-electron chi connectivity index (χ0n) is 14.0. The van der Waals surface area contributed by atoms with Crippen molar-refractivity contribution in [3.05, 3.63) is 35.4 Å². The zero-order chi connectivity index (χ0) is 18.0. The Hall–Kier alpha value is -1.49. The first-order valence-corrected chi connectivity index (χ1v) is 9.94. The third-order valence-electron chi connectivity index (χ3n) is 3.70. The van der Waals surface area contributed by atoms with Gasteiger partial charge in [0, 0.05) is 26.3 Å². The molecule has 0 aliphatic carbocycles. The van der Waals surface area contributed by atoms with Gasteiger partial charge in [-0.25, -0.2) is 0 Å². The van der Waals surface area contributed by atoms with E-state index in [1.807, 2.05) is 0 Å². The largest absolute Gasteiger partial charge is 0.359 e. The smallest absolute Gasteiger partial charge is 0.329 e. The Bertz CT molecular complexity index is 579. The first kappa shape index (κ1) is 20.6. The van der Waals surface area contributed by atoms with Crippen LogP contribution in [0.3, 0.4) is 0 Å². The topological polar surface area (TPSA) is 104 Å². The molecular weight excluding hydrogens is 329 g/mol. The Morgan fingerprint density at radius 3 is 2.04 bits per heavy atom. The van der Waals surface area contributed by atoms with Crippen LogP contribution in [-0.4, -0.2) is 28.5 Å². The van der Waals surface area contributed by atoms with Gasteiger partial charge in [-0.05, 0) is 24.0 Å². The summed E-state index contributed by atoms with van der Waals surface area (Å²) in [4.78, 5) is 40.8. The maximum Gasteiger partial charge on any atom is 0.329 e. The van der Waals surface area contributed by atoms with Crippen LogP contribution in [0.4, 0.5) is 0 Å². The normalized spacial score (nSPS) is 11.3. The number of nitrogens with one attached hydrogen (secondary N) is 1. The first-order chi connectivity index (χ1) is 11.3. The number of amides is 1. The third-order valence-corrected chi connectivity index (χ3v) is 4.48. The van der Waals surface area contributed by atoms with E-state index >= 15 is 0 Å². The van der Waals surface area contributed by atoms with E-state index in [-0.39, 0.29) is 17.9 Å². The maximum absolute atomic E-state index is 11.9. The molecule has 0 saturated heterocycles. The Balaban J connectivity index is 2.23. The van der Waals surface area contributed by atoms with Gasteiger partial charge in [0.05, 0.1) is 6.16 Å². The Morgan fingerprint density at radius 2 is 1.50 bits per heavy atom. The van der Waals surface area contributed by atoms with Crippen molar-refractivity contribution in [1.29, 1.82) is 0 Å². The van der Waals surface area contributed by atoms with Crippen LogP contribution in [0, 0.1) is 0 Å². The second kappa shape index (κ2) is 10.4. The molecule has 0 aromatic heterocycles. The van der Waals surface area contributed by atoms with Crippen LogP contribution in [-0.2, 0) is 26.7 Å². The molecule has 3 N–H and O–H groups in total. The summed E-state index contributed by atoms with van der Waals surface area (Å²) in [5.74, 6) is 0.206. The van der Waals surface area contributed by atoms with Gasteiger partial charge in [0.1, 0.15) is 5.78 Å². The molecule has 0 heterocycles. The molecule has 0 aliphatic rings. The Morgan fingerprint density at radius 1 is 0.958 bits per heavy atom. The molecule has 0 atom stereocenters. The lowest BCUT2D eigenvalue weighted by Crippen LogP contribution is -2.16. The molecule has 134 valence electrons. The van der Waals surface area contributed by atoms with Crippen molar-refractivity contribution in [2.75, 3.05) is 7.05 Å². The predicted molar refractivity (Wildman–Crippen MR) is 92.7 cm³/mol. The first-order valence-electron chi connectivity index (χ1n) is 8.15. The van der Waals surface area contributed by atoms with E-state index in [0.29, 0.717) is 24.8 Å². The van der Waals surface area contributed by atoms with E-state index < -0.39 is 7.60 Å². The van der Waals surface area contributed by atoms with Gasteiger partial charge in [0.2, 0.25) is 5.91 Å². The van der Waals surface area contributed by atoms with E-state index in [4.69, 9.17) is 9.79 Å². The predicted octanol–water partition coefficient (Wildman–Crippen LogP) is 2.56. The molecule has 0 bridgehead atoms. The van der Waals surface area contributed by atoms with Crippen molar-refractivity contribution in [2.24, 2.45) is 0 Å². The monoisotopic (exact) mass is 355 g/mol. The van der Waals surface area contributed by atoms with Crippen molar-refractivity contribution < 1.29 is 23.9 Å². The molecule has 1 amide bonds.